The number of ether oxygens (including phenoxy) is 1. The van der Waals surface area contributed by atoms with E-state index in [4.69, 9.17) is 4.74 Å². The molecule has 3 heteroatoms. The summed E-state index contributed by atoms with van der Waals surface area (Å²) in [4.78, 5) is 12.2. The highest BCUT2D eigenvalue weighted by Crippen LogP contribution is 2.25. The molecule has 2 rings (SSSR count). The number of thiophene rings is 1. The molecule has 0 unspecified atom stereocenters. The van der Waals surface area contributed by atoms with E-state index in [0.717, 1.165) is 4.88 Å². The van der Waals surface area contributed by atoms with E-state index in [9.17, 15) is 4.79 Å². The summed E-state index contributed by atoms with van der Waals surface area (Å²) in [6.07, 6.45) is 3.26. The third-order valence-electron chi connectivity index (χ3n) is 2.11. The molecule has 0 saturated heterocycles. The summed E-state index contributed by atoms with van der Waals surface area (Å²) >= 11 is 1.66. The average Bonchev–Trinajstić information content (AvgIpc) is 2.69. The van der Waals surface area contributed by atoms with Crippen LogP contribution in [0.25, 0.3) is 16.2 Å². The zero-order valence-electron chi connectivity index (χ0n) is 8.97. The van der Waals surface area contributed by atoms with Gasteiger partial charge in [-0.1, -0.05) is 18.2 Å². The smallest absolute Gasteiger partial charge is 0.330 e. The summed E-state index contributed by atoms with van der Waals surface area (Å²) in [6, 6.07) is 10.2. The van der Waals surface area contributed by atoms with E-state index < -0.39 is 0 Å². The zero-order chi connectivity index (χ0) is 11.4. The van der Waals surface area contributed by atoms with E-state index >= 15 is 0 Å². The fraction of sp³-hybridized carbons (Fsp3) is 0.154. The molecule has 0 fully saturated rings. The highest BCUT2D eigenvalue weighted by molar-refractivity contribution is 7.19. The van der Waals surface area contributed by atoms with Crippen molar-refractivity contribution in [2.75, 3.05) is 6.61 Å². The molecule has 0 amide bonds. The van der Waals surface area contributed by atoms with E-state index in [1.165, 1.54) is 16.2 Å². The molecule has 1 aromatic carbocycles. The lowest BCUT2D eigenvalue weighted by atomic mass is 10.2. The first-order chi connectivity index (χ1) is 7.79. The van der Waals surface area contributed by atoms with Gasteiger partial charge in [-0.05, 0) is 30.5 Å². The van der Waals surface area contributed by atoms with Crippen molar-refractivity contribution in [3.63, 3.8) is 0 Å². The van der Waals surface area contributed by atoms with Crippen LogP contribution in [0.3, 0.4) is 0 Å². The Morgan fingerprint density at radius 2 is 2.25 bits per heavy atom. The quantitative estimate of drug-likeness (QED) is 0.598. The Morgan fingerprint density at radius 1 is 1.44 bits per heavy atom. The van der Waals surface area contributed by atoms with Gasteiger partial charge < -0.3 is 4.74 Å². The topological polar surface area (TPSA) is 26.3 Å². The summed E-state index contributed by atoms with van der Waals surface area (Å²) < 4.78 is 6.04. The maximum atomic E-state index is 11.1. The van der Waals surface area contributed by atoms with Crippen LogP contribution in [0.2, 0.25) is 0 Å². The number of hydrogen-bond donors (Lipinski definition) is 0. The first-order valence-corrected chi connectivity index (χ1v) is 5.94. The van der Waals surface area contributed by atoms with Crippen molar-refractivity contribution >= 4 is 33.5 Å². The Balaban J connectivity index is 2.18. The van der Waals surface area contributed by atoms with Crippen LogP contribution in [0.4, 0.5) is 0 Å². The second kappa shape index (κ2) is 4.94. The molecule has 0 aliphatic heterocycles. The third kappa shape index (κ3) is 2.49. The van der Waals surface area contributed by atoms with Gasteiger partial charge in [0.05, 0.1) is 6.61 Å². The van der Waals surface area contributed by atoms with Crippen molar-refractivity contribution in [3.05, 3.63) is 41.3 Å². The maximum Gasteiger partial charge on any atom is 0.330 e. The van der Waals surface area contributed by atoms with Crippen molar-refractivity contribution < 1.29 is 9.53 Å². The number of esters is 1. The molecule has 82 valence electrons. The highest BCUT2D eigenvalue weighted by Gasteiger charge is 1.99. The number of carbonyl (C=O) groups excluding carboxylic acids is 1. The van der Waals surface area contributed by atoms with Crippen molar-refractivity contribution in [1.82, 2.24) is 0 Å². The lowest BCUT2D eigenvalue weighted by molar-refractivity contribution is -0.137. The fourth-order valence-corrected chi connectivity index (χ4v) is 2.39. The van der Waals surface area contributed by atoms with Gasteiger partial charge in [-0.2, -0.15) is 0 Å². The minimum atomic E-state index is -0.292. The fourth-order valence-electron chi connectivity index (χ4n) is 1.43. The van der Waals surface area contributed by atoms with Crippen molar-refractivity contribution in [3.8, 4) is 0 Å². The summed E-state index contributed by atoms with van der Waals surface area (Å²) in [5.74, 6) is -0.292. The second-order valence-electron chi connectivity index (χ2n) is 3.27. The maximum absolute atomic E-state index is 11.1. The van der Waals surface area contributed by atoms with Crippen LogP contribution in [-0.2, 0) is 9.53 Å². The minimum Gasteiger partial charge on any atom is -0.463 e. The zero-order valence-corrected chi connectivity index (χ0v) is 9.79. The van der Waals surface area contributed by atoms with Crippen molar-refractivity contribution in [2.45, 2.75) is 6.92 Å². The molecular formula is C13H12O2S. The molecule has 0 N–H and O–H groups in total. The molecule has 0 bridgehead atoms. The Labute approximate surface area is 98.2 Å². The van der Waals surface area contributed by atoms with Gasteiger partial charge in [-0.3, -0.25) is 0 Å². The Kier molecular flexibility index (Phi) is 3.37. The third-order valence-corrected chi connectivity index (χ3v) is 3.20. The van der Waals surface area contributed by atoms with Crippen LogP contribution in [0, 0.1) is 0 Å². The predicted octanol–water partition coefficient (Wildman–Crippen LogP) is 3.48. The Hall–Kier alpha value is -1.61. The van der Waals surface area contributed by atoms with E-state index in [1.807, 2.05) is 12.1 Å². The molecule has 2 aromatic rings. The molecule has 2 nitrogen and oxygen atoms in total. The summed E-state index contributed by atoms with van der Waals surface area (Å²) in [6.45, 7) is 2.21. The van der Waals surface area contributed by atoms with Crippen LogP contribution < -0.4 is 0 Å². The van der Waals surface area contributed by atoms with Crippen molar-refractivity contribution in [2.24, 2.45) is 0 Å². The molecule has 1 aromatic heterocycles. The van der Waals surface area contributed by atoms with Crippen LogP contribution in [0.1, 0.15) is 11.8 Å². The SMILES string of the molecule is CCOC(=O)C=Cc1cc2ccccc2s1. The first-order valence-electron chi connectivity index (χ1n) is 5.13. The highest BCUT2D eigenvalue weighted by atomic mass is 32.1. The van der Waals surface area contributed by atoms with Crippen molar-refractivity contribution in [1.29, 1.82) is 0 Å². The van der Waals surface area contributed by atoms with Gasteiger partial charge in [-0.15, -0.1) is 11.3 Å². The van der Waals surface area contributed by atoms with Crippen LogP contribution >= 0.6 is 11.3 Å². The van der Waals surface area contributed by atoms with E-state index in [0.29, 0.717) is 6.61 Å². The number of hydrogen-bond acceptors (Lipinski definition) is 3. The van der Waals surface area contributed by atoms with E-state index in [-0.39, 0.29) is 5.97 Å². The largest absolute Gasteiger partial charge is 0.463 e. The molecular weight excluding hydrogens is 220 g/mol. The van der Waals surface area contributed by atoms with Gasteiger partial charge in [-0.25, -0.2) is 4.79 Å². The lowest BCUT2D eigenvalue weighted by Crippen LogP contribution is -1.98. The number of carbonyl (C=O) groups is 1. The Bertz CT molecular complexity index is 492. The van der Waals surface area contributed by atoms with Crippen LogP contribution in [-0.4, -0.2) is 12.6 Å². The Morgan fingerprint density at radius 3 is 3.00 bits per heavy atom. The van der Waals surface area contributed by atoms with Gasteiger partial charge in [0.15, 0.2) is 0 Å². The molecule has 0 spiro atoms. The molecule has 0 aliphatic rings. The van der Waals surface area contributed by atoms with E-state index in [1.54, 1.807) is 24.3 Å². The van der Waals surface area contributed by atoms with Crippen LogP contribution in [0.15, 0.2) is 36.4 Å². The number of fused-ring (bicyclic) bond motifs is 1. The summed E-state index contributed by atoms with van der Waals surface area (Å²) in [7, 11) is 0. The van der Waals surface area contributed by atoms with E-state index in [2.05, 4.69) is 18.2 Å². The molecule has 1 heterocycles. The second-order valence-corrected chi connectivity index (χ2v) is 4.39. The monoisotopic (exact) mass is 232 g/mol. The average molecular weight is 232 g/mol. The number of benzene rings is 1. The van der Waals surface area contributed by atoms with Gasteiger partial charge in [0.1, 0.15) is 0 Å². The van der Waals surface area contributed by atoms with Gasteiger partial charge in [0.25, 0.3) is 0 Å². The van der Waals surface area contributed by atoms with Gasteiger partial charge in [0, 0.05) is 15.7 Å². The number of rotatable bonds is 3. The predicted molar refractivity (Wildman–Crippen MR) is 67.5 cm³/mol. The van der Waals surface area contributed by atoms with Gasteiger partial charge in [0.2, 0.25) is 0 Å². The summed E-state index contributed by atoms with van der Waals surface area (Å²) in [5, 5.41) is 1.20. The van der Waals surface area contributed by atoms with Gasteiger partial charge >= 0.3 is 5.97 Å². The minimum absolute atomic E-state index is 0.292. The molecule has 0 aliphatic carbocycles. The van der Waals surface area contributed by atoms with Crippen LogP contribution in [0.5, 0.6) is 0 Å². The lowest BCUT2D eigenvalue weighted by Gasteiger charge is -1.93. The standard InChI is InChI=1S/C13H12O2S/c1-2-15-13(14)8-7-11-9-10-5-3-4-6-12(10)16-11/h3-9H,2H2,1H3. The molecule has 0 radical (unpaired) electrons. The summed E-state index contributed by atoms with van der Waals surface area (Å²) in [5.41, 5.74) is 0. The molecule has 0 saturated carbocycles. The first kappa shape index (κ1) is 10.9. The molecule has 16 heavy (non-hydrogen) atoms. The normalized spacial score (nSPS) is 11.1. The molecule has 0 atom stereocenters.